The van der Waals surface area contributed by atoms with E-state index in [0.29, 0.717) is 28.6 Å². The minimum absolute atomic E-state index is 0.0445. The molecular formula is C38H30F3N12O6+. The van der Waals surface area contributed by atoms with E-state index in [-0.39, 0.29) is 67.1 Å². The normalized spacial score (nSPS) is 11.7. The molecule has 0 fully saturated rings. The van der Waals surface area contributed by atoms with E-state index in [1.54, 1.807) is 38.4 Å². The van der Waals surface area contributed by atoms with Crippen molar-refractivity contribution in [2.24, 2.45) is 7.05 Å². The van der Waals surface area contributed by atoms with E-state index < -0.39 is 28.8 Å². The van der Waals surface area contributed by atoms with Gasteiger partial charge in [0.25, 0.3) is 16.8 Å². The van der Waals surface area contributed by atoms with E-state index in [0.717, 1.165) is 27.9 Å². The fraction of sp³-hybridized carbons (Fsp3) is 0.237. The van der Waals surface area contributed by atoms with Crippen molar-refractivity contribution < 1.29 is 22.0 Å². The average Bonchev–Trinajstić information content (AvgIpc) is 3.86. The number of fused-ring (bicyclic) bond motifs is 2. The second-order valence-electron chi connectivity index (χ2n) is 13.4. The van der Waals surface area contributed by atoms with Crippen molar-refractivity contribution in [2.45, 2.75) is 52.1 Å². The van der Waals surface area contributed by atoms with Gasteiger partial charge >= 0.3 is 23.6 Å². The Bertz CT molecular complexity index is 3180. The summed E-state index contributed by atoms with van der Waals surface area (Å²) in [6.07, 6.45) is 0.378. The van der Waals surface area contributed by atoms with Crippen LogP contribution in [0.3, 0.4) is 0 Å². The zero-order chi connectivity index (χ0) is 41.4. The maximum absolute atomic E-state index is 13.4. The first-order chi connectivity index (χ1) is 28.3. The van der Waals surface area contributed by atoms with Gasteiger partial charge in [0.2, 0.25) is 17.3 Å². The molecule has 8 aromatic rings. The third kappa shape index (κ3) is 7.95. The molecule has 0 saturated heterocycles. The van der Waals surface area contributed by atoms with Crippen LogP contribution in [0.15, 0.2) is 101 Å². The smallest absolute Gasteiger partial charge is 0.390 e. The third-order valence-corrected chi connectivity index (χ3v) is 9.42. The van der Waals surface area contributed by atoms with Gasteiger partial charge in [-0.15, -0.1) is 10.2 Å². The predicted molar refractivity (Wildman–Crippen MR) is 202 cm³/mol. The average molecular weight is 808 g/mol. The first-order valence-electron chi connectivity index (χ1n) is 17.9. The number of alkyl halides is 3. The molecule has 59 heavy (non-hydrogen) atoms. The van der Waals surface area contributed by atoms with Crippen molar-refractivity contribution in [3.8, 4) is 6.07 Å². The summed E-state index contributed by atoms with van der Waals surface area (Å²) in [5.74, 6) is -1.29. The summed E-state index contributed by atoms with van der Waals surface area (Å²) in [4.78, 5) is 72.6. The lowest BCUT2D eigenvalue weighted by Gasteiger charge is -2.07. The fourth-order valence-electron chi connectivity index (χ4n) is 6.26. The van der Waals surface area contributed by atoms with Crippen molar-refractivity contribution in [3.05, 3.63) is 160 Å². The number of nitrogens with zero attached hydrogens (tertiary/aromatic N) is 12. The van der Waals surface area contributed by atoms with Crippen LogP contribution in [0.1, 0.15) is 39.6 Å². The zero-order valence-electron chi connectivity index (χ0n) is 31.1. The van der Waals surface area contributed by atoms with E-state index in [1.807, 2.05) is 12.1 Å². The number of hydrogen-bond donors (Lipinski definition) is 0. The Labute approximate surface area is 327 Å². The highest BCUT2D eigenvalue weighted by Gasteiger charge is 2.30. The number of hydrogen-bond acceptors (Lipinski definition) is 12. The highest BCUT2D eigenvalue weighted by atomic mass is 19.4. The Morgan fingerprint density at radius 1 is 0.729 bits per heavy atom. The summed E-state index contributed by atoms with van der Waals surface area (Å²) in [6.45, 7) is 1.76. The van der Waals surface area contributed by atoms with Crippen LogP contribution in [0.4, 0.5) is 19.1 Å². The number of aromatic nitrogens is 11. The SMILES string of the molecule is Cc1ccnc2ncn(Cc3nn(CCc4ccc(C#[N+]c5nc6ncn(Cc7nn(CCc8ccc(C(F)(F)F)cc8)c(=O)o7)c(=O)c6n5C)cc4)c(=O)o3)c(=O)c12. The van der Waals surface area contributed by atoms with Crippen LogP contribution in [0.2, 0.25) is 0 Å². The number of imidazole rings is 1. The van der Waals surface area contributed by atoms with Gasteiger partial charge in [-0.05, 0) is 71.8 Å². The molecule has 0 radical (unpaired) electrons. The van der Waals surface area contributed by atoms with Crippen LogP contribution in [-0.4, -0.2) is 53.2 Å². The highest BCUT2D eigenvalue weighted by Crippen LogP contribution is 2.29. The first-order valence-corrected chi connectivity index (χ1v) is 17.9. The number of aryl methyl sites for hydroxylation is 6. The molecule has 6 heterocycles. The second kappa shape index (κ2) is 15.3. The van der Waals surface area contributed by atoms with Crippen molar-refractivity contribution in [2.75, 3.05) is 0 Å². The number of halogens is 3. The molecule has 0 amide bonds. The Morgan fingerprint density at radius 3 is 1.88 bits per heavy atom. The lowest BCUT2D eigenvalue weighted by molar-refractivity contribution is -0.137. The van der Waals surface area contributed by atoms with Gasteiger partial charge in [0, 0.05) is 6.20 Å². The molecule has 0 atom stereocenters. The van der Waals surface area contributed by atoms with Gasteiger partial charge in [0.1, 0.15) is 25.7 Å². The molecule has 2 aromatic carbocycles. The van der Waals surface area contributed by atoms with Crippen LogP contribution >= 0.6 is 0 Å². The summed E-state index contributed by atoms with van der Waals surface area (Å²) in [5, 5.41) is 8.77. The Morgan fingerprint density at radius 2 is 1.29 bits per heavy atom. The molecular weight excluding hydrogens is 777 g/mol. The largest absolute Gasteiger partial charge is 0.499 e. The molecule has 0 aliphatic rings. The van der Waals surface area contributed by atoms with Crippen LogP contribution < -0.4 is 22.6 Å². The van der Waals surface area contributed by atoms with Crippen molar-refractivity contribution in [3.63, 3.8) is 0 Å². The van der Waals surface area contributed by atoms with Gasteiger partial charge in [0.15, 0.2) is 11.7 Å². The van der Waals surface area contributed by atoms with Crippen molar-refractivity contribution in [1.82, 2.24) is 53.2 Å². The van der Waals surface area contributed by atoms with E-state index >= 15 is 0 Å². The third-order valence-electron chi connectivity index (χ3n) is 9.42. The minimum atomic E-state index is -4.45. The van der Waals surface area contributed by atoms with Crippen LogP contribution in [-0.2, 0) is 52.2 Å². The molecule has 0 N–H and O–H groups in total. The minimum Gasteiger partial charge on any atom is -0.390 e. The quantitative estimate of drug-likeness (QED) is 0.195. The topological polar surface area (TPSA) is 201 Å². The van der Waals surface area contributed by atoms with Gasteiger partial charge in [0.05, 0.1) is 36.7 Å². The molecule has 6 aromatic heterocycles. The maximum atomic E-state index is 13.4. The molecule has 298 valence electrons. The molecule has 0 saturated carbocycles. The summed E-state index contributed by atoms with van der Waals surface area (Å²) in [5.41, 5.74) is 1.80. The number of pyridine rings is 1. The summed E-state index contributed by atoms with van der Waals surface area (Å²) in [7, 11) is 1.59. The molecule has 21 heteroatoms. The van der Waals surface area contributed by atoms with Gasteiger partial charge in [-0.3, -0.25) is 18.7 Å². The van der Waals surface area contributed by atoms with Crippen molar-refractivity contribution in [1.29, 1.82) is 0 Å². The Hall–Kier alpha value is -7.76. The summed E-state index contributed by atoms with van der Waals surface area (Å²) >= 11 is 0. The molecule has 8 rings (SSSR count). The van der Waals surface area contributed by atoms with Crippen LogP contribution in [0, 0.1) is 13.0 Å². The van der Waals surface area contributed by atoms with Gasteiger partial charge in [-0.25, -0.2) is 29.1 Å². The monoisotopic (exact) mass is 807 g/mol. The van der Waals surface area contributed by atoms with Gasteiger partial charge in [-0.1, -0.05) is 24.3 Å². The summed E-state index contributed by atoms with van der Waals surface area (Å²) in [6, 6.07) is 16.5. The standard InChI is InChI=1S/C38H30F3N12O6/c1-22-11-14-42-31-29(22)33(54)50(20-44-31)18-27-47-52(36(56)58-27)15-12-23-3-5-25(6-4-23)17-43-35-46-32-30(49(35)2)34(55)51(21-45-32)19-28-48-53(37(57)59-28)16-13-24-7-9-26(10-8-24)38(39,40)41/h3-11,14,20-21H,12-13,15-16,18-19H2,1-2H3/q+1. The Balaban J connectivity index is 0.896. The van der Waals surface area contributed by atoms with Crippen LogP contribution in [0.25, 0.3) is 27.0 Å². The molecule has 0 bridgehead atoms. The molecule has 0 unspecified atom stereocenters. The van der Waals surface area contributed by atoms with Gasteiger partial charge < -0.3 is 8.83 Å². The zero-order valence-corrected chi connectivity index (χ0v) is 31.1. The van der Waals surface area contributed by atoms with E-state index in [2.05, 4.69) is 41.0 Å². The van der Waals surface area contributed by atoms with E-state index in [1.165, 1.54) is 43.2 Å². The lowest BCUT2D eigenvalue weighted by Crippen LogP contribution is -2.22. The van der Waals surface area contributed by atoms with Gasteiger partial charge in [-0.2, -0.15) is 27.4 Å². The highest BCUT2D eigenvalue weighted by molar-refractivity contribution is 5.76. The predicted octanol–water partition coefficient (Wildman–Crippen LogP) is 3.46. The maximum Gasteiger partial charge on any atom is 0.499 e. The Kier molecular flexibility index (Phi) is 9.89. The fourth-order valence-corrected chi connectivity index (χ4v) is 6.26. The summed E-state index contributed by atoms with van der Waals surface area (Å²) < 4.78 is 55.3. The molecule has 0 spiro atoms. The number of rotatable bonds is 10. The lowest BCUT2D eigenvalue weighted by atomic mass is 10.1. The molecule has 0 aliphatic carbocycles. The van der Waals surface area contributed by atoms with E-state index in [4.69, 9.17) is 8.83 Å². The van der Waals surface area contributed by atoms with E-state index in [9.17, 15) is 32.3 Å². The molecule has 0 aliphatic heterocycles. The number of benzene rings is 2. The van der Waals surface area contributed by atoms with Crippen LogP contribution in [0.5, 0.6) is 0 Å². The second-order valence-corrected chi connectivity index (χ2v) is 13.4. The van der Waals surface area contributed by atoms with Crippen molar-refractivity contribution >= 4 is 28.1 Å². The molecule has 18 nitrogen and oxygen atoms in total. The first kappa shape index (κ1) is 38.1.